The van der Waals surface area contributed by atoms with E-state index in [9.17, 15) is 4.79 Å². The van der Waals surface area contributed by atoms with Crippen molar-refractivity contribution in [3.63, 3.8) is 0 Å². The molecule has 0 atom stereocenters. The zero-order valence-corrected chi connectivity index (χ0v) is 16.2. The van der Waals surface area contributed by atoms with Crippen LogP contribution in [0.3, 0.4) is 0 Å². The highest BCUT2D eigenvalue weighted by Crippen LogP contribution is 2.36. The predicted molar refractivity (Wildman–Crippen MR) is 103 cm³/mol. The van der Waals surface area contributed by atoms with Crippen LogP contribution >= 0.6 is 0 Å². The van der Waals surface area contributed by atoms with E-state index < -0.39 is 14.3 Å². The standard InChI is InChI=1S/C21H24O3Si/c1-21(2,3)25(18-12-7-5-8-13-18,19-14-9-6-10-15-19)24-17-11-16-20(22)23-4/h5-10,12-15H,17H2,1-4H3. The molecule has 0 aliphatic carbocycles. The van der Waals surface area contributed by atoms with Gasteiger partial charge in [-0.05, 0) is 15.4 Å². The second-order valence-electron chi connectivity index (χ2n) is 6.75. The van der Waals surface area contributed by atoms with Gasteiger partial charge < -0.3 is 9.16 Å². The molecular weight excluding hydrogens is 328 g/mol. The fourth-order valence-corrected chi connectivity index (χ4v) is 7.51. The Bertz CT molecular complexity index is 713. The highest BCUT2D eigenvalue weighted by molar-refractivity contribution is 6.99. The van der Waals surface area contributed by atoms with Gasteiger partial charge in [-0.2, -0.15) is 0 Å². The highest BCUT2D eigenvalue weighted by atomic mass is 28.4. The molecule has 0 heterocycles. The van der Waals surface area contributed by atoms with Crippen molar-refractivity contribution >= 4 is 24.7 Å². The second-order valence-corrected chi connectivity index (χ2v) is 11.1. The number of hydrogen-bond acceptors (Lipinski definition) is 3. The molecule has 0 N–H and O–H groups in total. The lowest BCUT2D eigenvalue weighted by molar-refractivity contribution is -0.133. The average Bonchev–Trinajstić information content (AvgIpc) is 2.62. The first kappa shape index (κ1) is 19.0. The molecule has 0 aliphatic heterocycles. The van der Waals surface area contributed by atoms with Gasteiger partial charge in [0.2, 0.25) is 0 Å². The number of carbonyl (C=O) groups is 1. The SMILES string of the molecule is COC(=O)C#CCO[Si](c1ccccc1)(c1ccccc1)C(C)(C)C. The van der Waals surface area contributed by atoms with Crippen LogP contribution in [0.1, 0.15) is 20.8 Å². The maximum Gasteiger partial charge on any atom is 0.384 e. The number of ether oxygens (including phenoxy) is 1. The monoisotopic (exact) mass is 352 g/mol. The predicted octanol–water partition coefficient (Wildman–Crippen LogP) is 2.74. The second kappa shape index (κ2) is 8.15. The molecule has 2 rings (SSSR count). The van der Waals surface area contributed by atoms with Gasteiger partial charge in [0.25, 0.3) is 8.32 Å². The minimum Gasteiger partial charge on any atom is -0.459 e. The molecule has 2 aromatic carbocycles. The molecule has 25 heavy (non-hydrogen) atoms. The molecule has 0 aliphatic rings. The average molecular weight is 353 g/mol. The van der Waals surface area contributed by atoms with E-state index in [1.807, 2.05) is 36.4 Å². The third kappa shape index (κ3) is 4.19. The van der Waals surface area contributed by atoms with Crippen molar-refractivity contribution in [1.82, 2.24) is 0 Å². The minimum atomic E-state index is -2.59. The van der Waals surface area contributed by atoms with Crippen LogP contribution in [0.5, 0.6) is 0 Å². The summed E-state index contributed by atoms with van der Waals surface area (Å²) in [5.41, 5.74) is 0. The molecule has 130 valence electrons. The number of esters is 1. The van der Waals surface area contributed by atoms with Gasteiger partial charge in [-0.15, -0.1) is 0 Å². The van der Waals surface area contributed by atoms with Gasteiger partial charge in [-0.1, -0.05) is 87.4 Å². The van der Waals surface area contributed by atoms with Crippen LogP contribution < -0.4 is 10.4 Å². The van der Waals surface area contributed by atoms with Crippen molar-refractivity contribution in [1.29, 1.82) is 0 Å². The smallest absolute Gasteiger partial charge is 0.384 e. The molecule has 0 fully saturated rings. The first-order chi connectivity index (χ1) is 11.9. The number of methoxy groups -OCH3 is 1. The zero-order chi connectivity index (χ0) is 18.3. The Balaban J connectivity index is 2.52. The maximum atomic E-state index is 11.2. The van der Waals surface area contributed by atoms with Crippen molar-refractivity contribution < 1.29 is 14.0 Å². The summed E-state index contributed by atoms with van der Waals surface area (Å²) in [4.78, 5) is 11.2. The maximum absolute atomic E-state index is 11.2. The number of hydrogen-bond donors (Lipinski definition) is 0. The van der Waals surface area contributed by atoms with Crippen molar-refractivity contribution in [3.8, 4) is 11.8 Å². The Kier molecular flexibility index (Phi) is 6.19. The molecule has 0 radical (unpaired) electrons. The van der Waals surface area contributed by atoms with Crippen LogP contribution in [0, 0.1) is 11.8 Å². The van der Waals surface area contributed by atoms with E-state index in [0.717, 1.165) is 0 Å². The van der Waals surface area contributed by atoms with E-state index in [1.54, 1.807) is 0 Å². The summed E-state index contributed by atoms with van der Waals surface area (Å²) in [5.74, 6) is 4.69. The first-order valence-corrected chi connectivity index (χ1v) is 10.1. The quantitative estimate of drug-likeness (QED) is 0.367. The van der Waals surface area contributed by atoms with E-state index in [-0.39, 0.29) is 11.6 Å². The van der Waals surface area contributed by atoms with Gasteiger partial charge in [0, 0.05) is 5.92 Å². The van der Waals surface area contributed by atoms with Gasteiger partial charge in [0.05, 0.1) is 13.7 Å². The largest absolute Gasteiger partial charge is 0.459 e. The Morgan fingerprint density at radius 1 is 0.960 bits per heavy atom. The van der Waals surface area contributed by atoms with Gasteiger partial charge in [0.15, 0.2) is 0 Å². The van der Waals surface area contributed by atoms with Crippen LogP contribution in [0.25, 0.3) is 0 Å². The fourth-order valence-electron chi connectivity index (χ4n) is 3.07. The summed E-state index contributed by atoms with van der Waals surface area (Å²) in [5, 5.41) is 2.27. The van der Waals surface area contributed by atoms with E-state index in [4.69, 9.17) is 4.43 Å². The fraction of sp³-hybridized carbons (Fsp3) is 0.286. The van der Waals surface area contributed by atoms with Crippen molar-refractivity contribution in [2.45, 2.75) is 25.8 Å². The summed E-state index contributed by atoms with van der Waals surface area (Å²) in [6.45, 7) is 6.79. The van der Waals surface area contributed by atoms with Crippen LogP contribution in [-0.4, -0.2) is 28.0 Å². The normalized spacial score (nSPS) is 11.4. The summed E-state index contributed by atoms with van der Waals surface area (Å²) >= 11 is 0. The lowest BCUT2D eigenvalue weighted by Crippen LogP contribution is -2.66. The van der Waals surface area contributed by atoms with Gasteiger partial charge in [0.1, 0.15) is 0 Å². The summed E-state index contributed by atoms with van der Waals surface area (Å²) in [7, 11) is -1.27. The lowest BCUT2D eigenvalue weighted by atomic mass is 10.2. The Hall–Kier alpha value is -2.35. The molecule has 2 aromatic rings. The first-order valence-electron chi connectivity index (χ1n) is 8.23. The third-order valence-corrected chi connectivity index (χ3v) is 9.14. The molecule has 0 unspecified atom stereocenters. The number of rotatable bonds is 4. The Labute approximate surface area is 151 Å². The van der Waals surface area contributed by atoms with Crippen LogP contribution in [0.4, 0.5) is 0 Å². The molecule has 0 saturated carbocycles. The molecule has 0 spiro atoms. The van der Waals surface area contributed by atoms with Gasteiger partial charge >= 0.3 is 5.97 Å². The molecule has 0 saturated heterocycles. The molecule has 0 amide bonds. The van der Waals surface area contributed by atoms with Crippen molar-refractivity contribution in [3.05, 3.63) is 60.7 Å². The summed E-state index contributed by atoms with van der Waals surface area (Å²) < 4.78 is 11.1. The van der Waals surface area contributed by atoms with E-state index >= 15 is 0 Å². The van der Waals surface area contributed by atoms with E-state index in [0.29, 0.717) is 0 Å². The number of benzene rings is 2. The van der Waals surface area contributed by atoms with Crippen LogP contribution in [0.15, 0.2) is 60.7 Å². The molecule has 4 heteroatoms. The molecule has 3 nitrogen and oxygen atoms in total. The van der Waals surface area contributed by atoms with E-state index in [2.05, 4.69) is 61.6 Å². The summed E-state index contributed by atoms with van der Waals surface area (Å²) in [6.07, 6.45) is 0. The van der Waals surface area contributed by atoms with Crippen molar-refractivity contribution in [2.75, 3.05) is 13.7 Å². The van der Waals surface area contributed by atoms with Gasteiger partial charge in [-0.3, -0.25) is 0 Å². The Morgan fingerprint density at radius 2 is 1.44 bits per heavy atom. The topological polar surface area (TPSA) is 35.5 Å². The zero-order valence-electron chi connectivity index (χ0n) is 15.2. The minimum absolute atomic E-state index is 0.108. The molecular formula is C21H24O3Si. The summed E-state index contributed by atoms with van der Waals surface area (Å²) in [6, 6.07) is 20.7. The molecule has 0 bridgehead atoms. The molecule has 0 aromatic heterocycles. The van der Waals surface area contributed by atoms with E-state index in [1.165, 1.54) is 17.5 Å². The van der Waals surface area contributed by atoms with Crippen molar-refractivity contribution in [2.24, 2.45) is 0 Å². The van der Waals surface area contributed by atoms with Gasteiger partial charge in [-0.25, -0.2) is 4.79 Å². The third-order valence-electron chi connectivity index (χ3n) is 4.15. The van der Waals surface area contributed by atoms with Crippen LogP contribution in [-0.2, 0) is 14.0 Å². The Morgan fingerprint density at radius 3 is 1.84 bits per heavy atom. The van der Waals surface area contributed by atoms with Crippen LogP contribution in [0.2, 0.25) is 5.04 Å². The highest BCUT2D eigenvalue weighted by Gasteiger charge is 2.49. The lowest BCUT2D eigenvalue weighted by Gasteiger charge is -2.42. The number of carbonyl (C=O) groups excluding carboxylic acids is 1.